The van der Waals surface area contributed by atoms with E-state index in [1.165, 1.54) is 37.3 Å². The number of nitrogens with zero attached hydrogens (tertiary/aromatic N) is 2. The molecule has 2 aliphatic rings. The van der Waals surface area contributed by atoms with Gasteiger partial charge in [-0.25, -0.2) is 18.4 Å². The van der Waals surface area contributed by atoms with Crippen LogP contribution in [0.15, 0.2) is 91.3 Å². The average molecular weight is 749 g/mol. The summed E-state index contributed by atoms with van der Waals surface area (Å²) in [6.45, 7) is -0.0242. The highest BCUT2D eigenvalue weighted by atomic mass is 19.1. The molecule has 0 unspecified atom stereocenters. The lowest BCUT2D eigenvalue weighted by Crippen LogP contribution is -2.31. The minimum Gasteiger partial charge on any atom is -0.465 e. The van der Waals surface area contributed by atoms with Gasteiger partial charge in [-0.15, -0.1) is 0 Å². The number of amides is 4. The van der Waals surface area contributed by atoms with Crippen LogP contribution >= 0.6 is 0 Å². The fourth-order valence-corrected chi connectivity index (χ4v) is 6.34. The maximum absolute atomic E-state index is 13.8. The second-order valence-electron chi connectivity index (χ2n) is 12.1. The van der Waals surface area contributed by atoms with Crippen LogP contribution in [0.3, 0.4) is 0 Å². The van der Waals surface area contributed by atoms with Crippen LogP contribution in [0.4, 0.5) is 8.78 Å². The number of esters is 2. The fourth-order valence-electron chi connectivity index (χ4n) is 6.34. The number of halogens is 2. The van der Waals surface area contributed by atoms with Gasteiger partial charge in [0.25, 0.3) is 23.6 Å². The van der Waals surface area contributed by atoms with Crippen LogP contribution in [0.2, 0.25) is 0 Å². The summed E-state index contributed by atoms with van der Waals surface area (Å²) in [4.78, 5) is 89.5. The number of benzene rings is 4. The summed E-state index contributed by atoms with van der Waals surface area (Å²) in [6.07, 6.45) is 4.16. The summed E-state index contributed by atoms with van der Waals surface area (Å²) in [5.74, 6) is -3.66. The Labute approximate surface area is 310 Å². The van der Waals surface area contributed by atoms with E-state index in [4.69, 9.17) is 4.74 Å². The molecule has 2 aliphatic heterocycles. The number of fused-ring (bicyclic) bond motifs is 4. The van der Waals surface area contributed by atoms with Crippen LogP contribution in [0, 0.1) is 11.6 Å². The Bertz CT molecular complexity index is 2470. The zero-order valence-corrected chi connectivity index (χ0v) is 29.2. The molecule has 0 aliphatic carbocycles. The standard InChI is InChI=1S/C20H15FN2O4.C10H8FNO2.C10H7NO3/c1-27-20(26)15-8-12(21)9-16-17(15)11(10-22-16)6-7-23-18(24)13-4-2-3-5-14(13)19(23)25;1-14-10(13)8-4-6(11)5-9-7(8)2-3-12-9;12-6-5-11-9(13)7-3-1-2-4-8(7)10(11)14/h2-5,8-10,22H,6-7H2,1H3;2-5,12H,1H3;1-4,6H,5H2. The maximum Gasteiger partial charge on any atom is 0.338 e. The molecule has 2 aromatic heterocycles. The van der Waals surface area contributed by atoms with Crippen molar-refractivity contribution >= 4 is 63.7 Å². The number of nitrogens with one attached hydrogen (secondary N) is 2. The summed E-state index contributed by atoms with van der Waals surface area (Å²) < 4.78 is 36.1. The van der Waals surface area contributed by atoms with E-state index in [0.717, 1.165) is 11.0 Å². The topological polar surface area (TPSA) is 176 Å². The number of hydrogen-bond acceptors (Lipinski definition) is 9. The molecule has 8 rings (SSSR count). The van der Waals surface area contributed by atoms with Crippen LogP contribution in [-0.2, 0) is 20.7 Å². The molecule has 0 saturated carbocycles. The number of methoxy groups -OCH3 is 2. The molecule has 2 N–H and O–H groups in total. The molecule has 6 aromatic rings. The lowest BCUT2D eigenvalue weighted by atomic mass is 10.0. The molecule has 4 heterocycles. The maximum atomic E-state index is 13.8. The van der Waals surface area contributed by atoms with Gasteiger partial charge < -0.3 is 24.2 Å². The lowest BCUT2D eigenvalue weighted by Gasteiger charge is -2.13. The fraction of sp³-hybridized carbons (Fsp3) is 0.125. The van der Waals surface area contributed by atoms with E-state index < -0.39 is 35.4 Å². The Balaban J connectivity index is 0.000000155. The molecule has 0 spiro atoms. The monoisotopic (exact) mass is 748 g/mol. The highest BCUT2D eigenvalue weighted by Crippen LogP contribution is 2.28. The van der Waals surface area contributed by atoms with Gasteiger partial charge in [-0.1, -0.05) is 24.3 Å². The molecule has 278 valence electrons. The molecule has 15 heteroatoms. The number of carbonyl (C=O) groups is 7. The van der Waals surface area contributed by atoms with Gasteiger partial charge in [-0.3, -0.25) is 29.0 Å². The number of imide groups is 2. The van der Waals surface area contributed by atoms with Crippen molar-refractivity contribution in [1.29, 1.82) is 0 Å². The van der Waals surface area contributed by atoms with Gasteiger partial charge in [0.15, 0.2) is 0 Å². The van der Waals surface area contributed by atoms with Crippen LogP contribution in [-0.4, -0.2) is 88.9 Å². The predicted octanol–water partition coefficient (Wildman–Crippen LogP) is 5.51. The summed E-state index contributed by atoms with van der Waals surface area (Å²) >= 11 is 0. The zero-order valence-electron chi connectivity index (χ0n) is 29.2. The first-order chi connectivity index (χ1) is 26.5. The number of rotatable bonds is 7. The Hall–Kier alpha value is -7.29. The average Bonchev–Trinajstić information content (AvgIpc) is 3.95. The second-order valence-corrected chi connectivity index (χ2v) is 12.1. The summed E-state index contributed by atoms with van der Waals surface area (Å²) in [5.41, 5.74) is 3.60. The van der Waals surface area contributed by atoms with Crippen LogP contribution in [0.25, 0.3) is 21.8 Å². The second kappa shape index (κ2) is 15.8. The molecule has 4 aromatic carbocycles. The number of H-pyrrole nitrogens is 2. The number of carbonyl (C=O) groups excluding carboxylic acids is 7. The van der Waals surface area contributed by atoms with E-state index in [9.17, 15) is 42.3 Å². The summed E-state index contributed by atoms with van der Waals surface area (Å²) in [5, 5.41) is 1.19. The number of aromatic nitrogens is 2. The van der Waals surface area contributed by atoms with Gasteiger partial charge in [0, 0.05) is 40.7 Å². The lowest BCUT2D eigenvalue weighted by molar-refractivity contribution is -0.108. The highest BCUT2D eigenvalue weighted by Gasteiger charge is 2.35. The van der Waals surface area contributed by atoms with Gasteiger partial charge in [-0.05, 0) is 66.6 Å². The highest BCUT2D eigenvalue weighted by molar-refractivity contribution is 6.22. The molecule has 0 atom stereocenters. The number of aldehydes is 1. The Morgan fingerprint density at radius 1 is 0.673 bits per heavy atom. The Morgan fingerprint density at radius 2 is 1.16 bits per heavy atom. The number of ether oxygens (including phenoxy) is 2. The summed E-state index contributed by atoms with van der Waals surface area (Å²) in [6, 6.07) is 19.8. The van der Waals surface area contributed by atoms with Gasteiger partial charge in [0.1, 0.15) is 17.9 Å². The summed E-state index contributed by atoms with van der Waals surface area (Å²) in [7, 11) is 2.50. The first-order valence-corrected chi connectivity index (χ1v) is 16.6. The molecular formula is C40H30F2N4O9. The van der Waals surface area contributed by atoms with E-state index in [1.54, 1.807) is 67.0 Å². The van der Waals surface area contributed by atoms with Crippen molar-refractivity contribution in [3.63, 3.8) is 0 Å². The molecule has 0 saturated heterocycles. The normalized spacial score (nSPS) is 12.9. The zero-order chi connectivity index (χ0) is 39.4. The number of hydrogen-bond donors (Lipinski definition) is 2. The van der Waals surface area contributed by atoms with Crippen LogP contribution in [0.5, 0.6) is 0 Å². The molecule has 0 fully saturated rings. The minimum atomic E-state index is -0.652. The Kier molecular flexibility index (Phi) is 10.7. The largest absolute Gasteiger partial charge is 0.465 e. The van der Waals surface area contributed by atoms with Gasteiger partial charge in [0.2, 0.25) is 0 Å². The van der Waals surface area contributed by atoms with Gasteiger partial charge in [0.05, 0.1) is 54.1 Å². The van der Waals surface area contributed by atoms with E-state index >= 15 is 0 Å². The third-order valence-electron chi connectivity index (χ3n) is 8.89. The smallest absolute Gasteiger partial charge is 0.338 e. The van der Waals surface area contributed by atoms with Crippen LogP contribution in [0.1, 0.15) is 67.7 Å². The molecule has 0 bridgehead atoms. The van der Waals surface area contributed by atoms with E-state index in [1.807, 2.05) is 0 Å². The van der Waals surface area contributed by atoms with Gasteiger partial charge >= 0.3 is 11.9 Å². The third kappa shape index (κ3) is 7.22. The van der Waals surface area contributed by atoms with Crippen molar-refractivity contribution in [3.05, 3.63) is 142 Å². The first-order valence-electron chi connectivity index (χ1n) is 16.6. The first kappa shape index (κ1) is 37.5. The third-order valence-corrected chi connectivity index (χ3v) is 8.89. The van der Waals surface area contributed by atoms with E-state index in [2.05, 4.69) is 14.7 Å². The minimum absolute atomic E-state index is 0.103. The van der Waals surface area contributed by atoms with Crippen molar-refractivity contribution in [1.82, 2.24) is 19.8 Å². The molecular weight excluding hydrogens is 718 g/mol. The van der Waals surface area contributed by atoms with Gasteiger partial charge in [-0.2, -0.15) is 0 Å². The quantitative estimate of drug-likeness (QED) is 0.121. The molecule has 13 nitrogen and oxygen atoms in total. The predicted molar refractivity (Wildman–Crippen MR) is 193 cm³/mol. The SMILES string of the molecule is COC(=O)c1cc(F)cc2[nH]cc(CCN3C(=O)c4ccccc4C3=O)c12.COC(=O)c1cc(F)cc2[nH]ccc12.O=CCN1C(=O)c2ccccc2C1=O. The van der Waals surface area contributed by atoms with Crippen molar-refractivity contribution in [3.8, 4) is 0 Å². The van der Waals surface area contributed by atoms with E-state index in [0.29, 0.717) is 62.3 Å². The van der Waals surface area contributed by atoms with Crippen molar-refractivity contribution in [2.45, 2.75) is 6.42 Å². The van der Waals surface area contributed by atoms with Crippen molar-refractivity contribution in [2.24, 2.45) is 0 Å². The molecule has 0 radical (unpaired) electrons. The molecule has 55 heavy (non-hydrogen) atoms. The van der Waals surface area contributed by atoms with Crippen molar-refractivity contribution in [2.75, 3.05) is 27.3 Å². The number of aromatic amines is 2. The molecule has 4 amide bonds. The Morgan fingerprint density at radius 3 is 1.69 bits per heavy atom. The van der Waals surface area contributed by atoms with E-state index in [-0.39, 0.29) is 36.0 Å². The van der Waals surface area contributed by atoms with Crippen molar-refractivity contribution < 1.29 is 51.8 Å². The van der Waals surface area contributed by atoms with Crippen LogP contribution < -0.4 is 0 Å².